The average molecular weight is 188 g/mol. The van der Waals surface area contributed by atoms with Crippen molar-refractivity contribution in [1.82, 2.24) is 9.97 Å². The van der Waals surface area contributed by atoms with Crippen LogP contribution in [0.4, 0.5) is 0 Å². The van der Waals surface area contributed by atoms with Gasteiger partial charge in [0.25, 0.3) is 0 Å². The molecule has 0 aliphatic heterocycles. The van der Waals surface area contributed by atoms with Crippen LogP contribution in [0.1, 0.15) is 49.1 Å². The van der Waals surface area contributed by atoms with Crippen molar-refractivity contribution in [1.29, 1.82) is 0 Å². The van der Waals surface area contributed by atoms with Gasteiger partial charge in [-0.3, -0.25) is 0 Å². The highest BCUT2D eigenvalue weighted by Crippen LogP contribution is 2.42. The van der Waals surface area contributed by atoms with E-state index in [0.29, 0.717) is 5.92 Å². The molecular formula is C12H16N2. The van der Waals surface area contributed by atoms with Gasteiger partial charge in [0.2, 0.25) is 0 Å². The second-order valence-electron chi connectivity index (χ2n) is 3.95. The summed E-state index contributed by atoms with van der Waals surface area (Å²) in [7, 11) is 0. The van der Waals surface area contributed by atoms with Crippen molar-refractivity contribution in [3.05, 3.63) is 29.9 Å². The molecule has 0 atom stereocenters. The number of aryl methyl sites for hydroxylation is 1. The van der Waals surface area contributed by atoms with Gasteiger partial charge < -0.3 is 0 Å². The predicted octanol–water partition coefficient (Wildman–Crippen LogP) is 3.09. The summed E-state index contributed by atoms with van der Waals surface area (Å²) in [6.07, 6.45) is 5.21. The van der Waals surface area contributed by atoms with Crippen LogP contribution < -0.4 is 0 Å². The van der Waals surface area contributed by atoms with Gasteiger partial charge >= 0.3 is 0 Å². The van der Waals surface area contributed by atoms with Crippen molar-refractivity contribution in [3.8, 4) is 0 Å². The van der Waals surface area contributed by atoms with Crippen LogP contribution in [-0.2, 0) is 0 Å². The summed E-state index contributed by atoms with van der Waals surface area (Å²) in [5, 5.41) is 0. The Morgan fingerprint density at radius 3 is 2.79 bits per heavy atom. The van der Waals surface area contributed by atoms with Crippen LogP contribution in [0.25, 0.3) is 5.57 Å². The summed E-state index contributed by atoms with van der Waals surface area (Å²) in [5.74, 6) is 0.676. The molecule has 0 saturated heterocycles. The number of hydrogen-bond donors (Lipinski definition) is 0. The van der Waals surface area contributed by atoms with Gasteiger partial charge in [0.1, 0.15) is 6.33 Å². The number of rotatable bonds is 3. The summed E-state index contributed by atoms with van der Waals surface area (Å²) in [6.45, 7) is 8.27. The Balaban J connectivity index is 2.47. The van der Waals surface area contributed by atoms with Gasteiger partial charge in [0.05, 0.1) is 5.69 Å². The van der Waals surface area contributed by atoms with Gasteiger partial charge in [-0.15, -0.1) is 0 Å². The molecule has 1 aromatic heterocycles. The van der Waals surface area contributed by atoms with E-state index in [-0.39, 0.29) is 0 Å². The lowest BCUT2D eigenvalue weighted by Gasteiger charge is -2.11. The van der Waals surface area contributed by atoms with Crippen LogP contribution in [0.15, 0.2) is 12.9 Å². The fourth-order valence-electron chi connectivity index (χ4n) is 1.77. The molecule has 2 heteroatoms. The second kappa shape index (κ2) is 3.52. The number of hydrogen-bond acceptors (Lipinski definition) is 2. The van der Waals surface area contributed by atoms with Gasteiger partial charge in [-0.2, -0.15) is 0 Å². The van der Waals surface area contributed by atoms with Crippen molar-refractivity contribution in [2.75, 3.05) is 0 Å². The Hall–Kier alpha value is -1.18. The molecule has 1 aromatic rings. The Morgan fingerprint density at radius 1 is 1.50 bits per heavy atom. The van der Waals surface area contributed by atoms with E-state index in [1.807, 2.05) is 6.92 Å². The monoisotopic (exact) mass is 188 g/mol. The van der Waals surface area contributed by atoms with Crippen LogP contribution in [0.3, 0.4) is 0 Å². The van der Waals surface area contributed by atoms with Crippen molar-refractivity contribution in [3.63, 3.8) is 0 Å². The first kappa shape index (κ1) is 9.38. The number of nitrogens with zero attached hydrogens (tertiary/aromatic N) is 2. The van der Waals surface area contributed by atoms with E-state index in [4.69, 9.17) is 0 Å². The highest BCUT2D eigenvalue weighted by molar-refractivity contribution is 5.67. The van der Waals surface area contributed by atoms with Gasteiger partial charge in [0, 0.05) is 17.2 Å². The molecule has 1 saturated carbocycles. The molecule has 0 unspecified atom stereocenters. The summed E-state index contributed by atoms with van der Waals surface area (Å²) in [6, 6.07) is 0. The molecule has 0 amide bonds. The molecule has 0 N–H and O–H groups in total. The minimum atomic E-state index is 0.676. The molecule has 0 radical (unpaired) electrons. The highest BCUT2D eigenvalue weighted by Gasteiger charge is 2.28. The normalized spacial score (nSPS) is 15.6. The van der Waals surface area contributed by atoms with Crippen LogP contribution in [0, 0.1) is 6.92 Å². The van der Waals surface area contributed by atoms with Gasteiger partial charge in [0.15, 0.2) is 0 Å². The zero-order chi connectivity index (χ0) is 10.1. The van der Waals surface area contributed by atoms with E-state index in [2.05, 4.69) is 23.5 Å². The highest BCUT2D eigenvalue weighted by atomic mass is 14.9. The van der Waals surface area contributed by atoms with Crippen LogP contribution in [0.2, 0.25) is 0 Å². The third-order valence-electron chi connectivity index (χ3n) is 2.81. The summed E-state index contributed by atoms with van der Waals surface area (Å²) < 4.78 is 0. The molecule has 1 aliphatic rings. The summed E-state index contributed by atoms with van der Waals surface area (Å²) in [5.41, 5.74) is 4.70. The summed E-state index contributed by atoms with van der Waals surface area (Å²) in [4.78, 5) is 8.65. The molecule has 14 heavy (non-hydrogen) atoms. The molecule has 1 heterocycles. The van der Waals surface area contributed by atoms with E-state index in [0.717, 1.165) is 12.1 Å². The Morgan fingerprint density at radius 2 is 2.21 bits per heavy atom. The van der Waals surface area contributed by atoms with Crippen molar-refractivity contribution in [2.45, 2.75) is 39.0 Å². The largest absolute Gasteiger partial charge is 0.241 e. The molecule has 1 fully saturated rings. The molecule has 74 valence electrons. The third-order valence-corrected chi connectivity index (χ3v) is 2.81. The van der Waals surface area contributed by atoms with E-state index >= 15 is 0 Å². The van der Waals surface area contributed by atoms with E-state index in [9.17, 15) is 0 Å². The Kier molecular flexibility index (Phi) is 2.36. The maximum atomic E-state index is 4.40. The first-order chi connectivity index (χ1) is 6.74. The lowest BCUT2D eigenvalue weighted by molar-refractivity contribution is 0.947. The SMILES string of the molecule is C=C(CC)c1c(C)ncnc1C1CC1. The Labute approximate surface area is 85.1 Å². The van der Waals surface area contributed by atoms with Crippen LogP contribution in [-0.4, -0.2) is 9.97 Å². The molecule has 0 bridgehead atoms. The van der Waals surface area contributed by atoms with Gasteiger partial charge in [-0.05, 0) is 31.8 Å². The standard InChI is InChI=1S/C12H16N2/c1-4-8(2)11-9(3)13-7-14-12(11)10-5-6-10/h7,10H,2,4-6H2,1,3H3. The van der Waals surface area contributed by atoms with E-state index in [1.54, 1.807) is 6.33 Å². The third kappa shape index (κ3) is 1.57. The second-order valence-corrected chi connectivity index (χ2v) is 3.95. The quantitative estimate of drug-likeness (QED) is 0.728. The minimum absolute atomic E-state index is 0.676. The number of aromatic nitrogens is 2. The molecule has 2 rings (SSSR count). The first-order valence-corrected chi connectivity index (χ1v) is 5.23. The predicted molar refractivity (Wildman–Crippen MR) is 58.1 cm³/mol. The van der Waals surface area contributed by atoms with Crippen molar-refractivity contribution >= 4 is 5.57 Å². The van der Waals surface area contributed by atoms with Crippen LogP contribution >= 0.6 is 0 Å². The van der Waals surface area contributed by atoms with Gasteiger partial charge in [-0.1, -0.05) is 13.5 Å². The zero-order valence-corrected chi connectivity index (χ0v) is 8.88. The molecule has 0 aromatic carbocycles. The zero-order valence-electron chi connectivity index (χ0n) is 8.88. The maximum Gasteiger partial charge on any atom is 0.115 e. The molecular weight excluding hydrogens is 172 g/mol. The van der Waals surface area contributed by atoms with Gasteiger partial charge in [-0.25, -0.2) is 9.97 Å². The first-order valence-electron chi connectivity index (χ1n) is 5.23. The van der Waals surface area contributed by atoms with Crippen molar-refractivity contribution in [2.24, 2.45) is 0 Å². The van der Waals surface area contributed by atoms with Crippen LogP contribution in [0.5, 0.6) is 0 Å². The smallest absolute Gasteiger partial charge is 0.115 e. The Bertz CT molecular complexity index is 365. The van der Waals surface area contributed by atoms with Crippen molar-refractivity contribution < 1.29 is 0 Å². The van der Waals surface area contributed by atoms with E-state index in [1.165, 1.54) is 29.7 Å². The lowest BCUT2D eigenvalue weighted by atomic mass is 9.99. The van der Waals surface area contributed by atoms with E-state index < -0.39 is 0 Å². The fourth-order valence-corrected chi connectivity index (χ4v) is 1.77. The number of allylic oxidation sites excluding steroid dienone is 1. The molecule has 2 nitrogen and oxygen atoms in total. The fraction of sp³-hybridized carbons (Fsp3) is 0.500. The summed E-state index contributed by atoms with van der Waals surface area (Å²) >= 11 is 0. The molecule has 0 spiro atoms. The molecule has 1 aliphatic carbocycles. The maximum absolute atomic E-state index is 4.40. The lowest BCUT2D eigenvalue weighted by Crippen LogP contribution is -2.00. The topological polar surface area (TPSA) is 25.8 Å². The average Bonchev–Trinajstić information content (AvgIpc) is 2.99. The minimum Gasteiger partial charge on any atom is -0.241 e.